The van der Waals surface area contributed by atoms with Gasteiger partial charge in [-0.05, 0) is 30.5 Å². The van der Waals surface area contributed by atoms with Crippen molar-refractivity contribution in [3.63, 3.8) is 0 Å². The quantitative estimate of drug-likeness (QED) is 0.810. The molecule has 92 valence electrons. The lowest BCUT2D eigenvalue weighted by Gasteiger charge is -2.29. The number of rotatable bonds is 3. The van der Waals surface area contributed by atoms with Gasteiger partial charge in [0.1, 0.15) is 0 Å². The number of primary amides is 1. The summed E-state index contributed by atoms with van der Waals surface area (Å²) < 4.78 is 0. The monoisotopic (exact) mass is 234 g/mol. The summed E-state index contributed by atoms with van der Waals surface area (Å²) in [4.78, 5) is 13.2. The Morgan fingerprint density at radius 1 is 1.29 bits per heavy atom. The van der Waals surface area contributed by atoms with Crippen molar-refractivity contribution < 1.29 is 9.90 Å². The van der Waals surface area contributed by atoms with Crippen LogP contribution in [0.5, 0.6) is 0 Å². The van der Waals surface area contributed by atoms with Crippen molar-refractivity contribution in [2.24, 2.45) is 5.73 Å². The average molecular weight is 234 g/mol. The van der Waals surface area contributed by atoms with E-state index >= 15 is 0 Å². The second-order valence-electron chi connectivity index (χ2n) is 4.57. The minimum absolute atomic E-state index is 0.136. The first-order valence-electron chi connectivity index (χ1n) is 5.94. The lowest BCUT2D eigenvalue weighted by molar-refractivity contribution is 0.0792. The normalized spacial score (nSPS) is 18.2. The molecule has 1 amide bonds. The fourth-order valence-corrected chi connectivity index (χ4v) is 2.11. The highest BCUT2D eigenvalue weighted by molar-refractivity contribution is 5.92. The zero-order valence-corrected chi connectivity index (χ0v) is 9.80. The molecule has 1 aromatic carbocycles. The largest absolute Gasteiger partial charge is 0.393 e. The van der Waals surface area contributed by atoms with Crippen LogP contribution in [-0.4, -0.2) is 35.1 Å². The van der Waals surface area contributed by atoms with Crippen LogP contribution >= 0.6 is 0 Å². The first-order chi connectivity index (χ1) is 8.15. The van der Waals surface area contributed by atoms with Crippen molar-refractivity contribution in [2.75, 3.05) is 13.1 Å². The zero-order valence-electron chi connectivity index (χ0n) is 9.80. The fraction of sp³-hybridized carbons (Fsp3) is 0.462. The molecule has 0 unspecified atom stereocenters. The van der Waals surface area contributed by atoms with Crippen molar-refractivity contribution in [3.8, 4) is 0 Å². The van der Waals surface area contributed by atoms with Crippen LogP contribution in [-0.2, 0) is 6.54 Å². The van der Waals surface area contributed by atoms with E-state index in [2.05, 4.69) is 4.90 Å². The molecule has 0 atom stereocenters. The van der Waals surface area contributed by atoms with Crippen LogP contribution < -0.4 is 5.73 Å². The first-order valence-corrected chi connectivity index (χ1v) is 5.94. The third-order valence-electron chi connectivity index (χ3n) is 3.20. The second-order valence-corrected chi connectivity index (χ2v) is 4.57. The maximum absolute atomic E-state index is 10.9. The summed E-state index contributed by atoms with van der Waals surface area (Å²) in [6.07, 6.45) is 1.56. The molecule has 0 spiro atoms. The highest BCUT2D eigenvalue weighted by Crippen LogP contribution is 2.14. The number of piperidine rings is 1. The van der Waals surface area contributed by atoms with Gasteiger partial charge >= 0.3 is 0 Å². The highest BCUT2D eigenvalue weighted by atomic mass is 16.3. The van der Waals surface area contributed by atoms with E-state index in [1.165, 1.54) is 5.56 Å². The number of likely N-dealkylation sites (tertiary alicyclic amines) is 1. The number of carbonyl (C=O) groups excluding carboxylic acids is 1. The Morgan fingerprint density at radius 3 is 2.41 bits per heavy atom. The second kappa shape index (κ2) is 5.29. The van der Waals surface area contributed by atoms with Crippen molar-refractivity contribution in [2.45, 2.75) is 25.5 Å². The molecule has 0 saturated carbocycles. The number of carbonyl (C=O) groups is 1. The van der Waals surface area contributed by atoms with Crippen molar-refractivity contribution in [1.82, 2.24) is 4.90 Å². The van der Waals surface area contributed by atoms with Crippen molar-refractivity contribution >= 4 is 5.91 Å². The Morgan fingerprint density at radius 2 is 1.88 bits per heavy atom. The Bertz CT molecular complexity index is 381. The van der Waals surface area contributed by atoms with Gasteiger partial charge in [0.2, 0.25) is 5.91 Å². The molecular weight excluding hydrogens is 216 g/mol. The van der Waals surface area contributed by atoms with E-state index in [-0.39, 0.29) is 6.10 Å². The molecule has 1 heterocycles. The molecule has 3 N–H and O–H groups in total. The van der Waals surface area contributed by atoms with Gasteiger partial charge in [-0.15, -0.1) is 0 Å². The number of aliphatic hydroxyl groups is 1. The molecule has 1 saturated heterocycles. The van der Waals surface area contributed by atoms with Crippen molar-refractivity contribution in [1.29, 1.82) is 0 Å². The van der Waals surface area contributed by atoms with Gasteiger partial charge in [0, 0.05) is 25.2 Å². The average Bonchev–Trinajstić information content (AvgIpc) is 2.33. The zero-order chi connectivity index (χ0) is 12.3. The summed E-state index contributed by atoms with van der Waals surface area (Å²) >= 11 is 0. The summed E-state index contributed by atoms with van der Waals surface area (Å²) in [6.45, 7) is 2.73. The molecule has 4 nitrogen and oxygen atoms in total. The SMILES string of the molecule is NC(=O)c1ccc(CN2CCC(O)CC2)cc1. The molecule has 1 aliphatic heterocycles. The van der Waals surface area contributed by atoms with Crippen LogP contribution in [0, 0.1) is 0 Å². The van der Waals surface area contributed by atoms with Gasteiger partial charge in [-0.1, -0.05) is 12.1 Å². The number of aliphatic hydroxyl groups excluding tert-OH is 1. The Balaban J connectivity index is 1.92. The Hall–Kier alpha value is -1.39. The molecule has 2 rings (SSSR count). The molecular formula is C13H18N2O2. The molecule has 0 bridgehead atoms. The first kappa shape index (κ1) is 12.1. The standard InChI is InChI=1S/C13H18N2O2/c14-13(17)11-3-1-10(2-4-11)9-15-7-5-12(16)6-8-15/h1-4,12,16H,5-9H2,(H2,14,17). The third-order valence-corrected chi connectivity index (χ3v) is 3.20. The van der Waals surface area contributed by atoms with E-state index in [1.807, 2.05) is 12.1 Å². The van der Waals surface area contributed by atoms with Crippen LogP contribution in [0.25, 0.3) is 0 Å². The smallest absolute Gasteiger partial charge is 0.248 e. The number of nitrogens with zero attached hydrogens (tertiary/aromatic N) is 1. The van der Waals surface area contributed by atoms with E-state index in [1.54, 1.807) is 12.1 Å². The van der Waals surface area contributed by atoms with Gasteiger partial charge in [0.05, 0.1) is 6.10 Å². The van der Waals surface area contributed by atoms with Crippen molar-refractivity contribution in [3.05, 3.63) is 35.4 Å². The summed E-state index contributed by atoms with van der Waals surface area (Å²) in [5, 5.41) is 9.41. The van der Waals surface area contributed by atoms with Crippen LogP contribution in [0.15, 0.2) is 24.3 Å². The number of benzene rings is 1. The lowest BCUT2D eigenvalue weighted by atomic mass is 10.1. The molecule has 1 aliphatic rings. The number of hydrogen-bond acceptors (Lipinski definition) is 3. The predicted molar refractivity (Wildman–Crippen MR) is 65.5 cm³/mol. The Labute approximate surface area is 101 Å². The maximum atomic E-state index is 10.9. The lowest BCUT2D eigenvalue weighted by Crippen LogP contribution is -2.35. The third kappa shape index (κ3) is 3.28. The Kier molecular flexibility index (Phi) is 3.76. The number of hydrogen-bond donors (Lipinski definition) is 2. The van der Waals surface area contributed by atoms with Gasteiger partial charge < -0.3 is 10.8 Å². The number of amides is 1. The minimum Gasteiger partial charge on any atom is -0.393 e. The molecule has 4 heteroatoms. The summed E-state index contributed by atoms with van der Waals surface area (Å²) in [5.41, 5.74) is 6.90. The van der Waals surface area contributed by atoms with E-state index in [0.29, 0.717) is 5.56 Å². The minimum atomic E-state index is -0.391. The van der Waals surface area contributed by atoms with Crippen LogP contribution in [0.3, 0.4) is 0 Å². The molecule has 1 fully saturated rings. The van der Waals surface area contributed by atoms with E-state index in [0.717, 1.165) is 32.5 Å². The molecule has 17 heavy (non-hydrogen) atoms. The van der Waals surface area contributed by atoms with E-state index in [9.17, 15) is 9.90 Å². The van der Waals surface area contributed by atoms with Gasteiger partial charge in [-0.2, -0.15) is 0 Å². The van der Waals surface area contributed by atoms with Crippen LogP contribution in [0.2, 0.25) is 0 Å². The summed E-state index contributed by atoms with van der Waals surface area (Å²) in [5.74, 6) is -0.391. The van der Waals surface area contributed by atoms with Gasteiger partial charge in [-0.25, -0.2) is 0 Å². The molecule has 0 aromatic heterocycles. The summed E-state index contributed by atoms with van der Waals surface area (Å²) in [6, 6.07) is 7.39. The fourth-order valence-electron chi connectivity index (χ4n) is 2.11. The molecule has 1 aromatic rings. The van der Waals surface area contributed by atoms with E-state index < -0.39 is 5.91 Å². The van der Waals surface area contributed by atoms with Gasteiger partial charge in [0.25, 0.3) is 0 Å². The van der Waals surface area contributed by atoms with Gasteiger partial charge in [-0.3, -0.25) is 9.69 Å². The topological polar surface area (TPSA) is 66.6 Å². The van der Waals surface area contributed by atoms with Gasteiger partial charge in [0.15, 0.2) is 0 Å². The molecule has 0 aliphatic carbocycles. The highest BCUT2D eigenvalue weighted by Gasteiger charge is 2.16. The molecule has 0 radical (unpaired) electrons. The maximum Gasteiger partial charge on any atom is 0.248 e. The van der Waals surface area contributed by atoms with Crippen LogP contribution in [0.1, 0.15) is 28.8 Å². The number of nitrogens with two attached hydrogens (primary N) is 1. The van der Waals surface area contributed by atoms with Crippen LogP contribution in [0.4, 0.5) is 0 Å². The predicted octanol–water partition coefficient (Wildman–Crippen LogP) is 0.742. The summed E-state index contributed by atoms with van der Waals surface area (Å²) in [7, 11) is 0. The van der Waals surface area contributed by atoms with E-state index in [4.69, 9.17) is 5.73 Å².